The fraction of sp³-hybridized carbons (Fsp3) is 0.367. The summed E-state index contributed by atoms with van der Waals surface area (Å²) in [5.74, 6) is 1.34. The fourth-order valence-corrected chi connectivity index (χ4v) is 5.48. The van der Waals surface area contributed by atoms with Crippen LogP contribution in [0.3, 0.4) is 0 Å². The maximum atomic E-state index is 13.8. The number of esters is 1. The van der Waals surface area contributed by atoms with Crippen molar-refractivity contribution in [2.24, 2.45) is 10.9 Å². The molecule has 0 amide bonds. The third-order valence-electron chi connectivity index (χ3n) is 6.46. The van der Waals surface area contributed by atoms with Crippen LogP contribution in [0.5, 0.6) is 23.0 Å². The van der Waals surface area contributed by atoms with E-state index in [2.05, 4.69) is 18.8 Å². The smallest absolute Gasteiger partial charge is 0.338 e. The average molecular weight is 567 g/mol. The van der Waals surface area contributed by atoms with Crippen LogP contribution in [0.2, 0.25) is 0 Å². The summed E-state index contributed by atoms with van der Waals surface area (Å²) in [5, 5.41) is 10.1. The van der Waals surface area contributed by atoms with E-state index in [0.29, 0.717) is 62.5 Å². The first-order valence-corrected chi connectivity index (χ1v) is 13.9. The van der Waals surface area contributed by atoms with Crippen molar-refractivity contribution in [2.45, 2.75) is 40.2 Å². The number of aromatic hydroxyl groups is 1. The molecule has 4 rings (SSSR count). The molecule has 1 atom stereocenters. The van der Waals surface area contributed by atoms with E-state index >= 15 is 0 Å². The van der Waals surface area contributed by atoms with Gasteiger partial charge in [0, 0.05) is 0 Å². The molecule has 212 valence electrons. The molecule has 0 saturated heterocycles. The number of ether oxygens (including phenoxy) is 4. The minimum atomic E-state index is -0.789. The van der Waals surface area contributed by atoms with E-state index in [1.54, 1.807) is 44.4 Å². The molecular formula is C30H34N2O7S. The molecule has 0 radical (unpaired) electrons. The molecule has 3 aromatic rings. The van der Waals surface area contributed by atoms with Gasteiger partial charge in [0.15, 0.2) is 27.8 Å². The number of fused-ring (bicyclic) bond motifs is 1. The minimum Gasteiger partial charge on any atom is -0.504 e. The molecular weight excluding hydrogens is 532 g/mol. The molecule has 0 fully saturated rings. The van der Waals surface area contributed by atoms with E-state index in [1.807, 2.05) is 13.0 Å². The Morgan fingerprint density at radius 2 is 1.90 bits per heavy atom. The Bertz CT molecular complexity index is 1620. The van der Waals surface area contributed by atoms with Crippen molar-refractivity contribution < 1.29 is 28.8 Å². The molecule has 1 unspecified atom stereocenters. The highest BCUT2D eigenvalue weighted by molar-refractivity contribution is 7.07. The van der Waals surface area contributed by atoms with Crippen LogP contribution in [-0.2, 0) is 9.53 Å². The van der Waals surface area contributed by atoms with Crippen LogP contribution in [0.25, 0.3) is 6.08 Å². The second-order valence-corrected chi connectivity index (χ2v) is 10.7. The molecule has 0 aliphatic carbocycles. The molecule has 1 aliphatic rings. The average Bonchev–Trinajstić information content (AvgIpc) is 3.23. The first-order chi connectivity index (χ1) is 19.2. The Morgan fingerprint density at radius 1 is 1.12 bits per heavy atom. The zero-order chi connectivity index (χ0) is 29.0. The molecule has 0 spiro atoms. The highest BCUT2D eigenvalue weighted by Crippen LogP contribution is 2.36. The van der Waals surface area contributed by atoms with Gasteiger partial charge >= 0.3 is 5.97 Å². The zero-order valence-corrected chi connectivity index (χ0v) is 24.3. The lowest BCUT2D eigenvalue weighted by molar-refractivity contribution is -0.136. The van der Waals surface area contributed by atoms with Crippen molar-refractivity contribution in [1.82, 2.24) is 4.57 Å². The topological polar surface area (TPSA) is 109 Å². The van der Waals surface area contributed by atoms with Crippen molar-refractivity contribution in [3.05, 3.63) is 78.5 Å². The number of phenols is 1. The van der Waals surface area contributed by atoms with Gasteiger partial charge in [0.2, 0.25) is 0 Å². The molecule has 2 aromatic carbocycles. The van der Waals surface area contributed by atoms with Gasteiger partial charge in [-0.2, -0.15) is 0 Å². The number of phenolic OH excluding ortho intramolecular Hbond substituents is 1. The first-order valence-electron chi connectivity index (χ1n) is 13.1. The first kappa shape index (κ1) is 28.9. The highest BCUT2D eigenvalue weighted by atomic mass is 32.1. The van der Waals surface area contributed by atoms with Crippen molar-refractivity contribution >= 4 is 23.4 Å². The molecule has 9 nitrogen and oxygen atoms in total. The Balaban J connectivity index is 1.86. The SMILES string of the molecule is CCOc1cc(C=c2sc3n(c2=O)C(c2ccc(OCCC(C)C)c(OC)c2)C(C(=O)OC)=C(C)N=3)ccc1O. The van der Waals surface area contributed by atoms with E-state index < -0.39 is 12.0 Å². The summed E-state index contributed by atoms with van der Waals surface area (Å²) in [4.78, 5) is 31.9. The van der Waals surface area contributed by atoms with Gasteiger partial charge in [-0.15, -0.1) is 0 Å². The van der Waals surface area contributed by atoms with Gasteiger partial charge in [0.25, 0.3) is 5.56 Å². The van der Waals surface area contributed by atoms with E-state index in [-0.39, 0.29) is 16.9 Å². The lowest BCUT2D eigenvalue weighted by atomic mass is 9.95. The number of carbonyl (C=O) groups is 1. The number of nitrogens with zero attached hydrogens (tertiary/aromatic N) is 2. The number of hydrogen-bond donors (Lipinski definition) is 1. The minimum absolute atomic E-state index is 0.0179. The molecule has 1 aromatic heterocycles. The number of allylic oxidation sites excluding steroid dienone is 1. The number of thiazole rings is 1. The van der Waals surface area contributed by atoms with Crippen LogP contribution < -0.4 is 29.1 Å². The molecule has 1 aliphatic heterocycles. The third kappa shape index (κ3) is 5.91. The van der Waals surface area contributed by atoms with Gasteiger partial charge in [-0.25, -0.2) is 9.79 Å². The maximum Gasteiger partial charge on any atom is 0.338 e. The second kappa shape index (κ2) is 12.4. The van der Waals surface area contributed by atoms with E-state index in [1.165, 1.54) is 29.1 Å². The summed E-state index contributed by atoms with van der Waals surface area (Å²) in [6.07, 6.45) is 2.61. The standard InChI is InChI=1S/C30H34N2O7S/c1-7-38-23-14-19(8-10-21(23)33)15-25-28(34)32-27(26(29(35)37-6)18(4)31-30(32)40-25)20-9-11-22(24(16-20)36-5)39-13-12-17(2)3/h8-11,14-17,27,33H,7,12-13H2,1-6H3. The van der Waals surface area contributed by atoms with Gasteiger partial charge in [0.05, 0.1) is 49.3 Å². The maximum absolute atomic E-state index is 13.8. The summed E-state index contributed by atoms with van der Waals surface area (Å²) in [6.45, 7) is 8.73. The van der Waals surface area contributed by atoms with Gasteiger partial charge in [-0.1, -0.05) is 37.3 Å². The molecule has 1 N–H and O–H groups in total. The van der Waals surface area contributed by atoms with Crippen molar-refractivity contribution in [1.29, 1.82) is 0 Å². The predicted octanol–water partition coefficient (Wildman–Crippen LogP) is 3.95. The van der Waals surface area contributed by atoms with Crippen molar-refractivity contribution in [3.63, 3.8) is 0 Å². The monoisotopic (exact) mass is 566 g/mol. The van der Waals surface area contributed by atoms with Crippen LogP contribution in [0.1, 0.15) is 51.3 Å². The van der Waals surface area contributed by atoms with E-state index in [9.17, 15) is 14.7 Å². The third-order valence-corrected chi connectivity index (χ3v) is 7.45. The Hall–Kier alpha value is -4.05. The highest BCUT2D eigenvalue weighted by Gasteiger charge is 2.33. The lowest BCUT2D eigenvalue weighted by Crippen LogP contribution is -2.39. The number of rotatable bonds is 10. The van der Waals surface area contributed by atoms with E-state index in [0.717, 1.165) is 6.42 Å². The summed E-state index contributed by atoms with van der Waals surface area (Å²) in [7, 11) is 2.86. The van der Waals surface area contributed by atoms with Crippen LogP contribution in [0.4, 0.5) is 0 Å². The zero-order valence-electron chi connectivity index (χ0n) is 23.5. The number of hydrogen-bond acceptors (Lipinski definition) is 9. The number of aromatic nitrogens is 1. The van der Waals surface area contributed by atoms with Gasteiger partial charge in [-0.05, 0) is 67.7 Å². The molecule has 0 bridgehead atoms. The summed E-state index contributed by atoms with van der Waals surface area (Å²) in [5.41, 5.74) is 1.74. The van der Waals surface area contributed by atoms with Crippen LogP contribution in [-0.4, -0.2) is 43.1 Å². The van der Waals surface area contributed by atoms with E-state index in [4.69, 9.17) is 18.9 Å². The molecule has 2 heterocycles. The summed E-state index contributed by atoms with van der Waals surface area (Å²) >= 11 is 1.21. The van der Waals surface area contributed by atoms with Crippen molar-refractivity contribution in [3.8, 4) is 23.0 Å². The Labute approximate surface area is 236 Å². The van der Waals surface area contributed by atoms with Crippen molar-refractivity contribution in [2.75, 3.05) is 27.4 Å². The Kier molecular flexibility index (Phi) is 8.99. The van der Waals surface area contributed by atoms with Gasteiger partial charge in [0.1, 0.15) is 0 Å². The predicted molar refractivity (Wildman–Crippen MR) is 153 cm³/mol. The summed E-state index contributed by atoms with van der Waals surface area (Å²) < 4.78 is 24.1. The normalized spacial score (nSPS) is 15.1. The number of methoxy groups -OCH3 is 2. The molecule has 0 saturated carbocycles. The molecule has 40 heavy (non-hydrogen) atoms. The van der Waals surface area contributed by atoms with Crippen LogP contribution >= 0.6 is 11.3 Å². The molecule has 10 heteroatoms. The lowest BCUT2D eigenvalue weighted by Gasteiger charge is -2.25. The summed E-state index contributed by atoms with van der Waals surface area (Å²) in [6, 6.07) is 9.49. The van der Waals surface area contributed by atoms with Gasteiger partial charge < -0.3 is 24.1 Å². The fourth-order valence-electron chi connectivity index (χ4n) is 4.43. The number of benzene rings is 2. The number of carbonyl (C=O) groups excluding carboxylic acids is 1. The second-order valence-electron chi connectivity index (χ2n) is 9.67. The van der Waals surface area contributed by atoms with Crippen LogP contribution in [0.15, 0.2) is 57.5 Å². The quantitative estimate of drug-likeness (QED) is 0.370. The Morgan fingerprint density at radius 3 is 2.58 bits per heavy atom. The van der Waals surface area contributed by atoms with Crippen LogP contribution in [0, 0.1) is 5.92 Å². The van der Waals surface area contributed by atoms with Gasteiger partial charge in [-0.3, -0.25) is 9.36 Å². The largest absolute Gasteiger partial charge is 0.504 e.